The predicted octanol–water partition coefficient (Wildman–Crippen LogP) is 12.2. The summed E-state index contributed by atoms with van der Waals surface area (Å²) in [6.07, 6.45) is 1.98. The van der Waals surface area contributed by atoms with Crippen LogP contribution in [0.5, 0.6) is 0 Å². The van der Waals surface area contributed by atoms with Crippen LogP contribution in [0.25, 0.3) is 64.4 Å². The lowest BCUT2D eigenvalue weighted by molar-refractivity contribution is 0.669. The van der Waals surface area contributed by atoms with Gasteiger partial charge < -0.3 is 4.42 Å². The standard InChI is InChI=1S/C41H26N2OS/c1-2-9-27(10-3-1)28-17-19-29(20-18-28)30-21-24-40(42-26-30)43(31-22-23-33-32-11-4-6-15-37(32)44-38(33)25-31)36-14-8-13-35-34-12-5-7-16-39(34)45-41(35)36/h1-26H. The summed E-state index contributed by atoms with van der Waals surface area (Å²) in [6, 6.07) is 53.3. The summed E-state index contributed by atoms with van der Waals surface area (Å²) in [5.41, 5.74) is 8.47. The molecule has 3 nitrogen and oxygen atoms in total. The summed E-state index contributed by atoms with van der Waals surface area (Å²) >= 11 is 1.82. The van der Waals surface area contributed by atoms with Crippen molar-refractivity contribution in [3.8, 4) is 22.3 Å². The van der Waals surface area contributed by atoms with Crippen LogP contribution in [0.1, 0.15) is 0 Å². The van der Waals surface area contributed by atoms with Gasteiger partial charge in [0.1, 0.15) is 17.0 Å². The van der Waals surface area contributed by atoms with E-state index in [2.05, 4.69) is 138 Å². The maximum absolute atomic E-state index is 6.32. The van der Waals surface area contributed by atoms with Gasteiger partial charge in [-0.1, -0.05) is 103 Å². The molecule has 0 N–H and O–H groups in total. The normalized spacial score (nSPS) is 11.6. The van der Waals surface area contributed by atoms with Crippen molar-refractivity contribution < 1.29 is 4.42 Å². The van der Waals surface area contributed by atoms with Gasteiger partial charge in [0, 0.05) is 44.1 Å². The minimum absolute atomic E-state index is 0.847. The number of pyridine rings is 1. The Morgan fingerprint density at radius 1 is 0.489 bits per heavy atom. The summed E-state index contributed by atoms with van der Waals surface area (Å²) in [5.74, 6) is 0.847. The number of nitrogens with zero attached hydrogens (tertiary/aromatic N) is 2. The van der Waals surface area contributed by atoms with Gasteiger partial charge in [0.05, 0.1) is 16.1 Å². The van der Waals surface area contributed by atoms with Crippen LogP contribution in [0.4, 0.5) is 17.2 Å². The zero-order chi connectivity index (χ0) is 29.7. The van der Waals surface area contributed by atoms with Crippen molar-refractivity contribution in [3.63, 3.8) is 0 Å². The molecule has 0 fully saturated rings. The van der Waals surface area contributed by atoms with Crippen LogP contribution in [-0.4, -0.2) is 4.98 Å². The Kier molecular flexibility index (Phi) is 6.00. The molecule has 0 aliphatic rings. The highest BCUT2D eigenvalue weighted by molar-refractivity contribution is 7.26. The molecule has 3 heterocycles. The largest absolute Gasteiger partial charge is 0.456 e. The molecule has 45 heavy (non-hydrogen) atoms. The average molecular weight is 595 g/mol. The van der Waals surface area contributed by atoms with E-state index in [1.54, 1.807) is 0 Å². The Labute approximate surface area is 264 Å². The Morgan fingerprint density at radius 3 is 1.98 bits per heavy atom. The lowest BCUT2D eigenvalue weighted by atomic mass is 10.0. The molecule has 212 valence electrons. The summed E-state index contributed by atoms with van der Waals surface area (Å²) in [4.78, 5) is 7.33. The predicted molar refractivity (Wildman–Crippen MR) is 190 cm³/mol. The molecule has 0 radical (unpaired) electrons. The molecule has 0 saturated heterocycles. The molecule has 0 atom stereocenters. The molecule has 0 aliphatic carbocycles. The third kappa shape index (κ3) is 4.38. The van der Waals surface area contributed by atoms with Crippen molar-refractivity contribution in [3.05, 3.63) is 158 Å². The second-order valence-corrected chi connectivity index (χ2v) is 12.3. The Balaban J connectivity index is 1.18. The number of thiophene rings is 1. The number of benzene rings is 6. The van der Waals surface area contributed by atoms with E-state index < -0.39 is 0 Å². The van der Waals surface area contributed by atoms with E-state index >= 15 is 0 Å². The van der Waals surface area contributed by atoms with Crippen molar-refractivity contribution in [2.75, 3.05) is 4.90 Å². The second kappa shape index (κ2) is 10.5. The fourth-order valence-electron chi connectivity index (χ4n) is 6.33. The zero-order valence-electron chi connectivity index (χ0n) is 24.2. The lowest BCUT2D eigenvalue weighted by Crippen LogP contribution is -2.11. The molecule has 9 aromatic rings. The quantitative estimate of drug-likeness (QED) is 0.198. The third-order valence-electron chi connectivity index (χ3n) is 8.55. The van der Waals surface area contributed by atoms with E-state index in [-0.39, 0.29) is 0 Å². The Bertz CT molecular complexity index is 2480. The zero-order valence-corrected chi connectivity index (χ0v) is 25.0. The first-order valence-electron chi connectivity index (χ1n) is 15.0. The highest BCUT2D eigenvalue weighted by Crippen LogP contribution is 2.45. The first-order valence-corrected chi connectivity index (χ1v) is 15.9. The molecule has 0 aliphatic heterocycles. The molecule has 3 aromatic heterocycles. The Hall–Kier alpha value is -5.71. The van der Waals surface area contributed by atoms with Gasteiger partial charge in [0.15, 0.2) is 0 Å². The summed E-state index contributed by atoms with van der Waals surface area (Å²) in [7, 11) is 0. The van der Waals surface area contributed by atoms with Crippen molar-refractivity contribution in [1.82, 2.24) is 4.98 Å². The van der Waals surface area contributed by atoms with Gasteiger partial charge in [-0.05, 0) is 59.2 Å². The van der Waals surface area contributed by atoms with E-state index in [0.717, 1.165) is 50.3 Å². The molecule has 4 heteroatoms. The molecule has 0 amide bonds. The number of fused-ring (bicyclic) bond motifs is 6. The highest BCUT2D eigenvalue weighted by Gasteiger charge is 2.20. The molecular weight excluding hydrogens is 569 g/mol. The SMILES string of the molecule is c1ccc(-c2ccc(-c3ccc(N(c4ccc5c(c4)oc4ccccc45)c4cccc5c4sc4ccccc45)nc3)cc2)cc1. The fourth-order valence-corrected chi connectivity index (χ4v) is 7.54. The third-order valence-corrected chi connectivity index (χ3v) is 9.76. The number of para-hydroxylation sites is 1. The van der Waals surface area contributed by atoms with Crippen LogP contribution < -0.4 is 4.90 Å². The summed E-state index contributed by atoms with van der Waals surface area (Å²) in [5, 5.41) is 4.75. The maximum atomic E-state index is 6.32. The summed E-state index contributed by atoms with van der Waals surface area (Å²) in [6.45, 7) is 0. The van der Waals surface area contributed by atoms with Crippen molar-refractivity contribution in [2.45, 2.75) is 0 Å². The van der Waals surface area contributed by atoms with Crippen LogP contribution in [0.2, 0.25) is 0 Å². The summed E-state index contributed by atoms with van der Waals surface area (Å²) < 4.78 is 8.83. The van der Waals surface area contributed by atoms with Crippen LogP contribution >= 0.6 is 11.3 Å². The van der Waals surface area contributed by atoms with Crippen LogP contribution in [-0.2, 0) is 0 Å². The number of anilines is 3. The smallest absolute Gasteiger partial charge is 0.137 e. The van der Waals surface area contributed by atoms with E-state index in [0.29, 0.717) is 0 Å². The molecule has 0 saturated carbocycles. The van der Waals surface area contributed by atoms with Gasteiger partial charge in [0.25, 0.3) is 0 Å². The van der Waals surface area contributed by atoms with Crippen molar-refractivity contribution in [2.24, 2.45) is 0 Å². The first kappa shape index (κ1) is 25.8. The minimum atomic E-state index is 0.847. The van der Waals surface area contributed by atoms with Gasteiger partial charge in [0.2, 0.25) is 0 Å². The molecule has 6 aromatic carbocycles. The van der Waals surface area contributed by atoms with Crippen LogP contribution in [0, 0.1) is 0 Å². The molecule has 9 rings (SSSR count). The van der Waals surface area contributed by atoms with Crippen LogP contribution in [0.3, 0.4) is 0 Å². The highest BCUT2D eigenvalue weighted by atomic mass is 32.1. The van der Waals surface area contributed by atoms with Gasteiger partial charge in [-0.25, -0.2) is 4.98 Å². The van der Waals surface area contributed by atoms with E-state index in [1.807, 2.05) is 35.7 Å². The number of hydrogen-bond donors (Lipinski definition) is 0. The van der Waals surface area contributed by atoms with E-state index in [4.69, 9.17) is 9.40 Å². The van der Waals surface area contributed by atoms with Gasteiger partial charge in [-0.2, -0.15) is 0 Å². The molecular formula is C41H26N2OS. The minimum Gasteiger partial charge on any atom is -0.456 e. The topological polar surface area (TPSA) is 29.3 Å². The fraction of sp³-hybridized carbons (Fsp3) is 0. The molecule has 0 unspecified atom stereocenters. The average Bonchev–Trinajstić information content (AvgIpc) is 3.68. The maximum Gasteiger partial charge on any atom is 0.137 e. The lowest BCUT2D eigenvalue weighted by Gasteiger charge is -2.25. The molecule has 0 bridgehead atoms. The number of rotatable bonds is 5. The monoisotopic (exact) mass is 594 g/mol. The second-order valence-electron chi connectivity index (χ2n) is 11.2. The van der Waals surface area contributed by atoms with E-state index in [9.17, 15) is 0 Å². The number of aromatic nitrogens is 1. The van der Waals surface area contributed by atoms with Crippen LogP contribution in [0.15, 0.2) is 162 Å². The number of furan rings is 1. The Morgan fingerprint density at radius 2 is 1.16 bits per heavy atom. The molecule has 0 spiro atoms. The first-order chi connectivity index (χ1) is 22.3. The van der Waals surface area contributed by atoms with Gasteiger partial charge in [-0.3, -0.25) is 4.90 Å². The van der Waals surface area contributed by atoms with Gasteiger partial charge >= 0.3 is 0 Å². The van der Waals surface area contributed by atoms with Crippen molar-refractivity contribution in [1.29, 1.82) is 0 Å². The van der Waals surface area contributed by atoms with E-state index in [1.165, 1.54) is 31.3 Å². The number of hydrogen-bond acceptors (Lipinski definition) is 4. The van der Waals surface area contributed by atoms with Gasteiger partial charge in [-0.15, -0.1) is 11.3 Å². The van der Waals surface area contributed by atoms with Crippen molar-refractivity contribution >= 4 is 70.6 Å².